The highest BCUT2D eigenvalue weighted by Gasteiger charge is 2.33. The van der Waals surface area contributed by atoms with Crippen molar-refractivity contribution in [3.63, 3.8) is 0 Å². The Hall–Kier alpha value is -0.710. The Balaban J connectivity index is 2.24. The second-order valence-electron chi connectivity index (χ2n) is 5.13. The van der Waals surface area contributed by atoms with Crippen molar-refractivity contribution in [2.75, 3.05) is 12.9 Å². The lowest BCUT2D eigenvalue weighted by Crippen LogP contribution is -2.49. The van der Waals surface area contributed by atoms with E-state index in [9.17, 15) is 4.79 Å². The van der Waals surface area contributed by atoms with Gasteiger partial charge in [-0.15, -0.1) is 11.8 Å². The van der Waals surface area contributed by atoms with Crippen molar-refractivity contribution in [1.82, 2.24) is 5.32 Å². The summed E-state index contributed by atoms with van der Waals surface area (Å²) < 4.78 is 4.84. The van der Waals surface area contributed by atoms with Gasteiger partial charge in [-0.2, -0.15) is 0 Å². The monoisotopic (exact) mass is 299 g/mol. The van der Waals surface area contributed by atoms with Crippen LogP contribution in [-0.2, 0) is 9.53 Å². The second kappa shape index (κ2) is 5.73. The second-order valence-corrected chi connectivity index (χ2v) is 6.71. The predicted octanol–water partition coefficient (Wildman–Crippen LogP) is 3.42. The van der Waals surface area contributed by atoms with E-state index >= 15 is 0 Å². The summed E-state index contributed by atoms with van der Waals surface area (Å²) in [6.45, 7) is 3.68. The molecule has 0 spiro atoms. The lowest BCUT2D eigenvalue weighted by atomic mass is 9.98. The Morgan fingerprint density at radius 1 is 1.53 bits per heavy atom. The van der Waals surface area contributed by atoms with Crippen molar-refractivity contribution in [3.05, 3.63) is 28.8 Å². The summed E-state index contributed by atoms with van der Waals surface area (Å²) in [5, 5.41) is 4.11. The SMILES string of the molecule is COC(=O)C(C)(C)NC1CCSc2ccc(Cl)cc21. The average Bonchev–Trinajstić information content (AvgIpc) is 2.38. The number of ether oxygens (including phenoxy) is 1. The van der Waals surface area contributed by atoms with Gasteiger partial charge in [-0.05, 0) is 49.8 Å². The number of carbonyl (C=O) groups is 1. The third-order valence-electron chi connectivity index (χ3n) is 3.24. The third-order valence-corrected chi connectivity index (χ3v) is 4.60. The molecule has 1 aliphatic rings. The van der Waals surface area contributed by atoms with E-state index in [1.54, 1.807) is 0 Å². The zero-order valence-corrected chi connectivity index (χ0v) is 12.9. The molecule has 2 rings (SSSR count). The predicted molar refractivity (Wildman–Crippen MR) is 78.8 cm³/mol. The molecule has 0 amide bonds. The first-order valence-corrected chi connectivity index (χ1v) is 7.59. The lowest BCUT2D eigenvalue weighted by Gasteiger charge is -2.33. The molecule has 104 valence electrons. The normalized spacial score (nSPS) is 18.8. The molecule has 0 bridgehead atoms. The fraction of sp³-hybridized carbons (Fsp3) is 0.500. The molecule has 1 aromatic rings. The van der Waals surface area contributed by atoms with Crippen LogP contribution in [0.25, 0.3) is 0 Å². The Labute approximate surface area is 123 Å². The minimum absolute atomic E-state index is 0.129. The van der Waals surface area contributed by atoms with E-state index < -0.39 is 5.54 Å². The Kier molecular flexibility index (Phi) is 4.43. The first kappa shape index (κ1) is 14.7. The Morgan fingerprint density at radius 2 is 2.26 bits per heavy atom. The van der Waals surface area contributed by atoms with Crippen molar-refractivity contribution in [3.8, 4) is 0 Å². The van der Waals surface area contributed by atoms with E-state index in [-0.39, 0.29) is 12.0 Å². The van der Waals surface area contributed by atoms with Gasteiger partial charge in [-0.25, -0.2) is 0 Å². The van der Waals surface area contributed by atoms with E-state index in [1.807, 2.05) is 43.8 Å². The summed E-state index contributed by atoms with van der Waals surface area (Å²) in [5.74, 6) is 0.776. The van der Waals surface area contributed by atoms with Gasteiger partial charge in [0.15, 0.2) is 0 Å². The average molecular weight is 300 g/mol. The summed E-state index contributed by atoms with van der Waals surface area (Å²) in [6, 6.07) is 6.06. The molecule has 0 fully saturated rings. The zero-order valence-electron chi connectivity index (χ0n) is 11.3. The number of esters is 1. The Morgan fingerprint density at radius 3 is 2.95 bits per heavy atom. The number of hydrogen-bond acceptors (Lipinski definition) is 4. The van der Waals surface area contributed by atoms with E-state index in [4.69, 9.17) is 16.3 Å². The maximum atomic E-state index is 11.8. The number of thioether (sulfide) groups is 1. The number of hydrogen-bond donors (Lipinski definition) is 1. The zero-order chi connectivity index (χ0) is 14.0. The van der Waals surface area contributed by atoms with Gasteiger partial charge in [0.05, 0.1) is 7.11 Å². The van der Waals surface area contributed by atoms with Gasteiger partial charge in [0, 0.05) is 16.0 Å². The molecule has 0 radical (unpaired) electrons. The summed E-state index contributed by atoms with van der Waals surface area (Å²) >= 11 is 7.90. The number of halogens is 1. The van der Waals surface area contributed by atoms with Crippen LogP contribution in [0.4, 0.5) is 0 Å². The van der Waals surface area contributed by atoms with Crippen LogP contribution in [0, 0.1) is 0 Å². The van der Waals surface area contributed by atoms with Crippen molar-refractivity contribution in [1.29, 1.82) is 0 Å². The van der Waals surface area contributed by atoms with Gasteiger partial charge < -0.3 is 4.74 Å². The first-order valence-electron chi connectivity index (χ1n) is 6.22. The summed E-state index contributed by atoms with van der Waals surface area (Å²) in [4.78, 5) is 13.0. The van der Waals surface area contributed by atoms with E-state index in [1.165, 1.54) is 17.6 Å². The number of benzene rings is 1. The largest absolute Gasteiger partial charge is 0.468 e. The van der Waals surface area contributed by atoms with Crippen LogP contribution in [0.2, 0.25) is 5.02 Å². The van der Waals surface area contributed by atoms with Gasteiger partial charge in [-0.3, -0.25) is 10.1 Å². The molecule has 0 aromatic heterocycles. The van der Waals surface area contributed by atoms with Crippen LogP contribution in [0.15, 0.2) is 23.1 Å². The molecule has 1 aromatic carbocycles. The van der Waals surface area contributed by atoms with Crippen LogP contribution in [0.5, 0.6) is 0 Å². The molecule has 0 aliphatic carbocycles. The van der Waals surface area contributed by atoms with Gasteiger partial charge in [0.25, 0.3) is 0 Å². The first-order chi connectivity index (χ1) is 8.94. The summed E-state index contributed by atoms with van der Waals surface area (Å²) in [5.41, 5.74) is 0.460. The fourth-order valence-corrected chi connectivity index (χ4v) is 3.55. The molecular weight excluding hydrogens is 282 g/mol. The highest BCUT2D eigenvalue weighted by atomic mass is 35.5. The van der Waals surface area contributed by atoms with E-state index in [2.05, 4.69) is 5.32 Å². The molecule has 0 saturated carbocycles. The number of fused-ring (bicyclic) bond motifs is 1. The maximum Gasteiger partial charge on any atom is 0.325 e. The van der Waals surface area contributed by atoms with E-state index in [0.29, 0.717) is 0 Å². The molecule has 1 unspecified atom stereocenters. The minimum Gasteiger partial charge on any atom is -0.468 e. The van der Waals surface area contributed by atoms with Crippen molar-refractivity contribution < 1.29 is 9.53 Å². The van der Waals surface area contributed by atoms with Gasteiger partial charge in [0.2, 0.25) is 0 Å². The molecule has 1 heterocycles. The van der Waals surface area contributed by atoms with Crippen molar-refractivity contribution in [2.45, 2.75) is 36.7 Å². The molecule has 19 heavy (non-hydrogen) atoms. The standard InChI is InChI=1S/C14H18ClNO2S/c1-14(2,13(17)18-3)16-11-6-7-19-12-5-4-9(15)8-10(11)12/h4-5,8,11,16H,6-7H2,1-3H3. The quantitative estimate of drug-likeness (QED) is 0.868. The number of methoxy groups -OCH3 is 1. The number of rotatable bonds is 3. The van der Waals surface area contributed by atoms with Crippen LogP contribution < -0.4 is 5.32 Å². The topological polar surface area (TPSA) is 38.3 Å². The maximum absolute atomic E-state index is 11.8. The van der Waals surface area contributed by atoms with Gasteiger partial charge in [-0.1, -0.05) is 11.6 Å². The molecule has 5 heteroatoms. The van der Waals surface area contributed by atoms with Crippen LogP contribution in [-0.4, -0.2) is 24.4 Å². The molecular formula is C14H18ClNO2S. The molecule has 1 atom stereocenters. The molecule has 0 saturated heterocycles. The van der Waals surface area contributed by atoms with Crippen LogP contribution >= 0.6 is 23.4 Å². The van der Waals surface area contributed by atoms with Crippen LogP contribution in [0.1, 0.15) is 31.9 Å². The minimum atomic E-state index is -0.707. The molecule has 1 N–H and O–H groups in total. The smallest absolute Gasteiger partial charge is 0.325 e. The summed E-state index contributed by atoms with van der Waals surface area (Å²) in [7, 11) is 1.41. The summed E-state index contributed by atoms with van der Waals surface area (Å²) in [6.07, 6.45) is 0.971. The third kappa shape index (κ3) is 3.25. The highest BCUT2D eigenvalue weighted by molar-refractivity contribution is 7.99. The molecule has 3 nitrogen and oxygen atoms in total. The number of carbonyl (C=O) groups excluding carboxylic acids is 1. The van der Waals surface area contributed by atoms with Crippen molar-refractivity contribution in [2.24, 2.45) is 0 Å². The van der Waals surface area contributed by atoms with Gasteiger partial charge >= 0.3 is 5.97 Å². The van der Waals surface area contributed by atoms with Gasteiger partial charge in [0.1, 0.15) is 5.54 Å². The molecule has 1 aliphatic heterocycles. The van der Waals surface area contributed by atoms with E-state index in [0.717, 1.165) is 17.2 Å². The lowest BCUT2D eigenvalue weighted by molar-refractivity contribution is -0.147. The van der Waals surface area contributed by atoms with Crippen molar-refractivity contribution >= 4 is 29.3 Å². The Bertz CT molecular complexity index is 490. The van der Waals surface area contributed by atoms with Crippen LogP contribution in [0.3, 0.4) is 0 Å². The highest BCUT2D eigenvalue weighted by Crippen LogP contribution is 2.38. The number of nitrogens with one attached hydrogen (secondary N) is 1. The fourth-order valence-electron chi connectivity index (χ4n) is 2.26.